The van der Waals surface area contributed by atoms with Gasteiger partial charge in [0.05, 0.1) is 0 Å². The van der Waals surface area contributed by atoms with Gasteiger partial charge in [0.2, 0.25) is 0 Å². The molecule has 0 aliphatic carbocycles. The van der Waals surface area contributed by atoms with Crippen LogP contribution in [0.4, 0.5) is 0 Å². The molecule has 0 aromatic heterocycles. The van der Waals surface area contributed by atoms with Crippen LogP contribution >= 0.6 is 15.9 Å². The van der Waals surface area contributed by atoms with Gasteiger partial charge in [-0.2, -0.15) is 0 Å². The molecule has 0 bridgehead atoms. The fraction of sp³-hybridized carbons (Fsp3) is 0.500. The fourth-order valence-electron chi connectivity index (χ4n) is 1.91. The highest BCUT2D eigenvalue weighted by Gasteiger charge is 2.13. The zero-order chi connectivity index (χ0) is 13.0. The standard InChI is InChI=1S/C14H20BrNO/c1-9(2)7-11(4)16-14(17)13-8-12(15)6-5-10(13)3/h5-6,8-9,11H,7H2,1-4H3,(H,16,17). The molecule has 0 aliphatic rings. The van der Waals surface area contributed by atoms with Crippen LogP contribution in [0, 0.1) is 12.8 Å². The lowest BCUT2D eigenvalue weighted by atomic mass is 10.0. The topological polar surface area (TPSA) is 29.1 Å². The second-order valence-corrected chi connectivity index (χ2v) is 5.88. The van der Waals surface area contributed by atoms with E-state index in [-0.39, 0.29) is 11.9 Å². The Morgan fingerprint density at radius 2 is 2.00 bits per heavy atom. The second-order valence-electron chi connectivity index (χ2n) is 4.96. The number of hydrogen-bond donors (Lipinski definition) is 1. The van der Waals surface area contributed by atoms with Gasteiger partial charge in [-0.25, -0.2) is 0 Å². The summed E-state index contributed by atoms with van der Waals surface area (Å²) in [5.41, 5.74) is 1.75. The van der Waals surface area contributed by atoms with E-state index in [1.54, 1.807) is 0 Å². The zero-order valence-electron chi connectivity index (χ0n) is 10.9. The Hall–Kier alpha value is -0.830. The molecule has 1 aromatic carbocycles. The number of amides is 1. The van der Waals surface area contributed by atoms with Gasteiger partial charge in [0.25, 0.3) is 5.91 Å². The minimum atomic E-state index is 0.0111. The molecule has 1 N–H and O–H groups in total. The van der Waals surface area contributed by atoms with Crippen molar-refractivity contribution in [2.45, 2.75) is 40.2 Å². The number of rotatable bonds is 4. The van der Waals surface area contributed by atoms with Crippen molar-refractivity contribution in [2.75, 3.05) is 0 Å². The van der Waals surface area contributed by atoms with Crippen molar-refractivity contribution in [2.24, 2.45) is 5.92 Å². The van der Waals surface area contributed by atoms with Crippen LogP contribution in [0.2, 0.25) is 0 Å². The zero-order valence-corrected chi connectivity index (χ0v) is 12.5. The van der Waals surface area contributed by atoms with E-state index in [0.717, 1.165) is 22.0 Å². The van der Waals surface area contributed by atoms with E-state index in [1.807, 2.05) is 32.0 Å². The van der Waals surface area contributed by atoms with Gasteiger partial charge in [-0.15, -0.1) is 0 Å². The molecule has 3 heteroatoms. The van der Waals surface area contributed by atoms with Gasteiger partial charge >= 0.3 is 0 Å². The van der Waals surface area contributed by atoms with Crippen molar-refractivity contribution in [3.05, 3.63) is 33.8 Å². The van der Waals surface area contributed by atoms with Crippen molar-refractivity contribution in [3.63, 3.8) is 0 Å². The monoisotopic (exact) mass is 297 g/mol. The Labute approximate surface area is 112 Å². The SMILES string of the molecule is Cc1ccc(Br)cc1C(=O)NC(C)CC(C)C. The molecule has 0 radical (unpaired) electrons. The Morgan fingerprint density at radius 3 is 2.59 bits per heavy atom. The van der Waals surface area contributed by atoms with Crippen molar-refractivity contribution < 1.29 is 4.79 Å². The molecule has 0 saturated carbocycles. The summed E-state index contributed by atoms with van der Waals surface area (Å²) >= 11 is 3.39. The first-order chi connectivity index (χ1) is 7.90. The highest BCUT2D eigenvalue weighted by molar-refractivity contribution is 9.10. The third-order valence-corrected chi connectivity index (χ3v) is 3.14. The van der Waals surface area contributed by atoms with Crippen LogP contribution in [-0.2, 0) is 0 Å². The molecule has 0 saturated heterocycles. The molecule has 1 atom stereocenters. The molecule has 0 heterocycles. The van der Waals surface area contributed by atoms with Crippen molar-refractivity contribution >= 4 is 21.8 Å². The Morgan fingerprint density at radius 1 is 1.35 bits per heavy atom. The lowest BCUT2D eigenvalue weighted by Crippen LogP contribution is -2.33. The number of aryl methyl sites for hydroxylation is 1. The molecule has 1 aromatic rings. The van der Waals surface area contributed by atoms with Crippen molar-refractivity contribution in [3.8, 4) is 0 Å². The number of carbonyl (C=O) groups excluding carboxylic acids is 1. The molecule has 2 nitrogen and oxygen atoms in total. The normalized spacial score (nSPS) is 12.6. The third kappa shape index (κ3) is 4.50. The number of halogens is 1. The average Bonchev–Trinajstić information content (AvgIpc) is 2.20. The summed E-state index contributed by atoms with van der Waals surface area (Å²) in [4.78, 5) is 12.1. The molecule has 0 aliphatic heterocycles. The predicted octanol–water partition coefficient (Wildman–Crippen LogP) is 3.92. The molecule has 17 heavy (non-hydrogen) atoms. The van der Waals surface area contributed by atoms with Gasteiger partial charge in [-0.05, 0) is 43.9 Å². The molecule has 1 amide bonds. The van der Waals surface area contributed by atoms with E-state index in [9.17, 15) is 4.79 Å². The predicted molar refractivity (Wildman–Crippen MR) is 75.3 cm³/mol. The third-order valence-electron chi connectivity index (χ3n) is 2.65. The lowest BCUT2D eigenvalue weighted by molar-refractivity contribution is 0.0935. The highest BCUT2D eigenvalue weighted by Crippen LogP contribution is 2.16. The van der Waals surface area contributed by atoms with Crippen LogP contribution in [0.3, 0.4) is 0 Å². The Balaban J connectivity index is 2.73. The number of benzene rings is 1. The highest BCUT2D eigenvalue weighted by atomic mass is 79.9. The van der Waals surface area contributed by atoms with E-state index in [2.05, 4.69) is 35.1 Å². The quantitative estimate of drug-likeness (QED) is 0.896. The molecule has 1 rings (SSSR count). The summed E-state index contributed by atoms with van der Waals surface area (Å²) in [6.45, 7) is 8.32. The summed E-state index contributed by atoms with van der Waals surface area (Å²) in [5, 5.41) is 3.04. The summed E-state index contributed by atoms with van der Waals surface area (Å²) in [6, 6.07) is 5.98. The van der Waals surface area contributed by atoms with E-state index in [4.69, 9.17) is 0 Å². The van der Waals surface area contributed by atoms with Gasteiger partial charge in [0.1, 0.15) is 0 Å². The molecule has 1 unspecified atom stereocenters. The van der Waals surface area contributed by atoms with E-state index in [0.29, 0.717) is 5.92 Å². The van der Waals surface area contributed by atoms with Gasteiger partial charge in [-0.1, -0.05) is 35.8 Å². The van der Waals surface area contributed by atoms with Gasteiger partial charge in [-0.3, -0.25) is 4.79 Å². The number of carbonyl (C=O) groups is 1. The molecule has 0 fully saturated rings. The van der Waals surface area contributed by atoms with Crippen LogP contribution in [0.25, 0.3) is 0 Å². The van der Waals surface area contributed by atoms with Crippen LogP contribution < -0.4 is 5.32 Å². The minimum absolute atomic E-state index is 0.0111. The minimum Gasteiger partial charge on any atom is -0.350 e. The molecular formula is C14H20BrNO. The van der Waals surface area contributed by atoms with Gasteiger partial charge < -0.3 is 5.32 Å². The van der Waals surface area contributed by atoms with Crippen LogP contribution in [0.5, 0.6) is 0 Å². The van der Waals surface area contributed by atoms with Crippen molar-refractivity contribution in [1.29, 1.82) is 0 Å². The van der Waals surface area contributed by atoms with Gasteiger partial charge in [0, 0.05) is 16.1 Å². The van der Waals surface area contributed by atoms with Crippen LogP contribution in [0.15, 0.2) is 22.7 Å². The summed E-state index contributed by atoms with van der Waals surface area (Å²) in [7, 11) is 0. The summed E-state index contributed by atoms with van der Waals surface area (Å²) < 4.78 is 0.935. The maximum Gasteiger partial charge on any atom is 0.251 e. The van der Waals surface area contributed by atoms with Gasteiger partial charge in [0.15, 0.2) is 0 Å². The van der Waals surface area contributed by atoms with Crippen molar-refractivity contribution in [1.82, 2.24) is 5.32 Å². The smallest absolute Gasteiger partial charge is 0.251 e. The summed E-state index contributed by atoms with van der Waals surface area (Å²) in [6.07, 6.45) is 0.999. The Bertz CT molecular complexity index is 401. The second kappa shape index (κ2) is 6.20. The fourth-order valence-corrected chi connectivity index (χ4v) is 2.27. The molecular weight excluding hydrogens is 278 g/mol. The first-order valence-corrected chi connectivity index (χ1v) is 6.76. The molecule has 0 spiro atoms. The van der Waals surface area contributed by atoms with Crippen LogP contribution in [-0.4, -0.2) is 11.9 Å². The first kappa shape index (κ1) is 14.2. The first-order valence-electron chi connectivity index (χ1n) is 5.97. The average molecular weight is 298 g/mol. The largest absolute Gasteiger partial charge is 0.350 e. The van der Waals surface area contributed by atoms with E-state index >= 15 is 0 Å². The maximum atomic E-state index is 12.1. The number of hydrogen-bond acceptors (Lipinski definition) is 1. The number of nitrogens with one attached hydrogen (secondary N) is 1. The van der Waals surface area contributed by atoms with E-state index < -0.39 is 0 Å². The van der Waals surface area contributed by atoms with Crippen LogP contribution in [0.1, 0.15) is 43.1 Å². The summed E-state index contributed by atoms with van der Waals surface area (Å²) in [5.74, 6) is 0.603. The Kier molecular flexibility index (Phi) is 5.19. The van der Waals surface area contributed by atoms with E-state index in [1.165, 1.54) is 0 Å². The lowest BCUT2D eigenvalue weighted by Gasteiger charge is -2.16. The maximum absolute atomic E-state index is 12.1. The molecule has 94 valence electrons.